The van der Waals surface area contributed by atoms with Gasteiger partial charge in [0.15, 0.2) is 0 Å². The van der Waals surface area contributed by atoms with Crippen LogP contribution in [0.5, 0.6) is 11.5 Å². The number of methoxy groups -OCH3 is 3. The SMILES string of the molecule is COCc1c(OC)ccc(CC(C)(C)C(=O)O)c1OC. The largest absolute Gasteiger partial charge is 0.496 e. The van der Waals surface area contributed by atoms with Gasteiger partial charge in [-0.05, 0) is 31.9 Å². The summed E-state index contributed by atoms with van der Waals surface area (Å²) in [5.74, 6) is 0.449. The van der Waals surface area contributed by atoms with E-state index >= 15 is 0 Å². The monoisotopic (exact) mass is 282 g/mol. The van der Waals surface area contributed by atoms with Crippen molar-refractivity contribution in [3.8, 4) is 11.5 Å². The molecule has 0 saturated heterocycles. The zero-order chi connectivity index (χ0) is 15.3. The van der Waals surface area contributed by atoms with Crippen LogP contribution in [0.3, 0.4) is 0 Å². The third-order valence-electron chi connectivity index (χ3n) is 3.22. The lowest BCUT2D eigenvalue weighted by Gasteiger charge is -2.22. The summed E-state index contributed by atoms with van der Waals surface area (Å²) in [7, 11) is 4.73. The van der Waals surface area contributed by atoms with E-state index in [1.165, 1.54) is 0 Å². The third kappa shape index (κ3) is 3.42. The second kappa shape index (κ2) is 6.61. The molecule has 0 aliphatic carbocycles. The minimum Gasteiger partial charge on any atom is -0.496 e. The molecule has 0 radical (unpaired) electrons. The molecule has 1 aromatic rings. The molecule has 0 fully saturated rings. The smallest absolute Gasteiger partial charge is 0.309 e. The van der Waals surface area contributed by atoms with Crippen LogP contribution in [0.1, 0.15) is 25.0 Å². The molecule has 5 nitrogen and oxygen atoms in total. The number of hydrogen-bond donors (Lipinski definition) is 1. The van der Waals surface area contributed by atoms with Gasteiger partial charge in [-0.2, -0.15) is 0 Å². The van der Waals surface area contributed by atoms with Crippen molar-refractivity contribution in [3.05, 3.63) is 23.3 Å². The minimum atomic E-state index is -0.869. The molecule has 5 heteroatoms. The molecular weight excluding hydrogens is 260 g/mol. The van der Waals surface area contributed by atoms with Gasteiger partial charge in [0, 0.05) is 7.11 Å². The van der Waals surface area contributed by atoms with Gasteiger partial charge in [-0.3, -0.25) is 4.79 Å². The Morgan fingerprint density at radius 2 is 1.85 bits per heavy atom. The highest BCUT2D eigenvalue weighted by Crippen LogP contribution is 2.36. The van der Waals surface area contributed by atoms with Crippen molar-refractivity contribution in [2.24, 2.45) is 5.41 Å². The Bertz CT molecular complexity index is 479. The molecule has 0 aliphatic heterocycles. The maximum absolute atomic E-state index is 11.3. The van der Waals surface area contributed by atoms with Crippen LogP contribution in [-0.4, -0.2) is 32.4 Å². The van der Waals surface area contributed by atoms with Crippen LogP contribution in [0, 0.1) is 5.41 Å². The van der Waals surface area contributed by atoms with Gasteiger partial charge >= 0.3 is 5.97 Å². The molecule has 1 rings (SSSR count). The molecule has 0 heterocycles. The first-order valence-corrected chi connectivity index (χ1v) is 6.32. The van der Waals surface area contributed by atoms with E-state index in [0.29, 0.717) is 24.5 Å². The highest BCUT2D eigenvalue weighted by Gasteiger charge is 2.29. The maximum atomic E-state index is 11.3. The fourth-order valence-electron chi connectivity index (χ4n) is 2.08. The number of ether oxygens (including phenoxy) is 3. The average Bonchev–Trinajstić information content (AvgIpc) is 2.39. The Labute approximate surface area is 119 Å². The van der Waals surface area contributed by atoms with E-state index in [1.807, 2.05) is 12.1 Å². The van der Waals surface area contributed by atoms with Gasteiger partial charge in [-0.1, -0.05) is 6.07 Å². The van der Waals surface area contributed by atoms with Crippen molar-refractivity contribution in [3.63, 3.8) is 0 Å². The second-order valence-corrected chi connectivity index (χ2v) is 5.24. The quantitative estimate of drug-likeness (QED) is 0.832. The fourth-order valence-corrected chi connectivity index (χ4v) is 2.08. The zero-order valence-corrected chi connectivity index (χ0v) is 12.6. The maximum Gasteiger partial charge on any atom is 0.309 e. The first kappa shape index (κ1) is 16.3. The van der Waals surface area contributed by atoms with Gasteiger partial charge in [0.1, 0.15) is 11.5 Å². The highest BCUT2D eigenvalue weighted by molar-refractivity contribution is 5.74. The van der Waals surface area contributed by atoms with Gasteiger partial charge < -0.3 is 19.3 Å². The minimum absolute atomic E-state index is 0.341. The van der Waals surface area contributed by atoms with Crippen molar-refractivity contribution in [1.82, 2.24) is 0 Å². The number of carbonyl (C=O) groups is 1. The molecule has 1 aromatic carbocycles. The topological polar surface area (TPSA) is 65.0 Å². The van der Waals surface area contributed by atoms with Gasteiger partial charge in [0.05, 0.1) is 31.8 Å². The standard InChI is InChI=1S/C15H22O5/c1-15(2,14(16)17)8-10-6-7-12(19-4)11(9-18-3)13(10)20-5/h6-7H,8-9H2,1-5H3,(H,16,17). The summed E-state index contributed by atoms with van der Waals surface area (Å²) in [5, 5.41) is 9.25. The van der Waals surface area contributed by atoms with Crippen LogP contribution in [-0.2, 0) is 22.6 Å². The van der Waals surface area contributed by atoms with E-state index in [1.54, 1.807) is 35.2 Å². The lowest BCUT2D eigenvalue weighted by Crippen LogP contribution is -2.26. The Morgan fingerprint density at radius 1 is 1.20 bits per heavy atom. The van der Waals surface area contributed by atoms with Gasteiger partial charge in [-0.25, -0.2) is 0 Å². The summed E-state index contributed by atoms with van der Waals surface area (Å²) in [4.78, 5) is 11.3. The van der Waals surface area contributed by atoms with Crippen LogP contribution >= 0.6 is 0 Å². The molecule has 20 heavy (non-hydrogen) atoms. The molecule has 0 amide bonds. The van der Waals surface area contributed by atoms with Gasteiger partial charge in [-0.15, -0.1) is 0 Å². The van der Waals surface area contributed by atoms with Crippen LogP contribution in [0.15, 0.2) is 12.1 Å². The number of carboxylic acid groups (broad SMARTS) is 1. The molecule has 0 saturated carbocycles. The predicted octanol–water partition coefficient (Wildman–Crippen LogP) is 2.50. The Hall–Kier alpha value is -1.75. The zero-order valence-electron chi connectivity index (χ0n) is 12.6. The second-order valence-electron chi connectivity index (χ2n) is 5.24. The Kier molecular flexibility index (Phi) is 5.39. The normalized spacial score (nSPS) is 11.2. The van der Waals surface area contributed by atoms with E-state index in [0.717, 1.165) is 11.1 Å². The predicted molar refractivity (Wildman–Crippen MR) is 75.4 cm³/mol. The van der Waals surface area contributed by atoms with E-state index in [4.69, 9.17) is 14.2 Å². The highest BCUT2D eigenvalue weighted by atomic mass is 16.5. The summed E-state index contributed by atoms with van der Waals surface area (Å²) < 4.78 is 15.9. The number of carboxylic acids is 1. The molecule has 0 bridgehead atoms. The number of rotatable bonds is 7. The summed E-state index contributed by atoms with van der Waals surface area (Å²) in [6.07, 6.45) is 0.367. The van der Waals surface area contributed by atoms with Gasteiger partial charge in [0.25, 0.3) is 0 Å². The molecule has 0 atom stereocenters. The molecule has 0 spiro atoms. The average molecular weight is 282 g/mol. The first-order chi connectivity index (χ1) is 9.37. The van der Waals surface area contributed by atoms with Crippen molar-refractivity contribution in [1.29, 1.82) is 0 Å². The molecule has 112 valence electrons. The Morgan fingerprint density at radius 3 is 2.30 bits per heavy atom. The van der Waals surface area contributed by atoms with Crippen molar-refractivity contribution in [2.75, 3.05) is 21.3 Å². The molecular formula is C15H22O5. The number of benzene rings is 1. The van der Waals surface area contributed by atoms with E-state index in [-0.39, 0.29) is 0 Å². The lowest BCUT2D eigenvalue weighted by atomic mass is 9.85. The fraction of sp³-hybridized carbons (Fsp3) is 0.533. The van der Waals surface area contributed by atoms with Crippen LogP contribution in [0.2, 0.25) is 0 Å². The number of hydrogen-bond acceptors (Lipinski definition) is 4. The summed E-state index contributed by atoms with van der Waals surface area (Å²) >= 11 is 0. The van der Waals surface area contributed by atoms with Gasteiger partial charge in [0.2, 0.25) is 0 Å². The van der Waals surface area contributed by atoms with Crippen LogP contribution in [0.25, 0.3) is 0 Å². The van der Waals surface area contributed by atoms with E-state index in [9.17, 15) is 9.90 Å². The summed E-state index contributed by atoms with van der Waals surface area (Å²) in [6, 6.07) is 3.64. The molecule has 1 N–H and O–H groups in total. The first-order valence-electron chi connectivity index (χ1n) is 6.32. The van der Waals surface area contributed by atoms with Crippen LogP contribution in [0.4, 0.5) is 0 Å². The lowest BCUT2D eigenvalue weighted by molar-refractivity contribution is -0.146. The number of aliphatic carboxylic acids is 1. The van der Waals surface area contributed by atoms with Crippen molar-refractivity contribution >= 4 is 5.97 Å². The molecule has 0 unspecified atom stereocenters. The van der Waals surface area contributed by atoms with Crippen molar-refractivity contribution in [2.45, 2.75) is 26.9 Å². The summed E-state index contributed by atoms with van der Waals surface area (Å²) in [5.41, 5.74) is 0.746. The molecule has 0 aliphatic rings. The van der Waals surface area contributed by atoms with E-state index in [2.05, 4.69) is 0 Å². The van der Waals surface area contributed by atoms with Crippen LogP contribution < -0.4 is 9.47 Å². The molecule has 0 aromatic heterocycles. The van der Waals surface area contributed by atoms with Crippen molar-refractivity contribution < 1.29 is 24.1 Å². The third-order valence-corrected chi connectivity index (χ3v) is 3.22. The Balaban J connectivity index is 3.27. The van der Waals surface area contributed by atoms with E-state index < -0.39 is 11.4 Å². The summed E-state index contributed by atoms with van der Waals surface area (Å²) in [6.45, 7) is 3.72.